The molecule has 7 nitrogen and oxygen atoms in total. The maximum absolute atomic E-state index is 14.7. The average molecular weight is 506 g/mol. The van der Waals surface area contributed by atoms with Crippen LogP contribution in [0.25, 0.3) is 10.9 Å². The zero-order valence-corrected chi connectivity index (χ0v) is 20.1. The molecule has 1 saturated heterocycles. The molecule has 1 aromatic carbocycles. The third-order valence-corrected chi connectivity index (χ3v) is 5.53. The predicted molar refractivity (Wildman–Crippen MR) is 119 cm³/mol. The minimum atomic E-state index is -0.603. The molecule has 0 bridgehead atoms. The van der Waals surface area contributed by atoms with Gasteiger partial charge in [0.05, 0.1) is 9.50 Å². The largest absolute Gasteiger partial charge is 0.444 e. The van der Waals surface area contributed by atoms with E-state index in [4.69, 9.17) is 16.3 Å². The van der Waals surface area contributed by atoms with Gasteiger partial charge < -0.3 is 19.6 Å². The second kappa shape index (κ2) is 10.1. The van der Waals surface area contributed by atoms with Crippen LogP contribution >= 0.6 is 27.5 Å². The van der Waals surface area contributed by atoms with E-state index in [1.54, 1.807) is 11.0 Å². The highest BCUT2D eigenvalue weighted by atomic mass is 79.9. The number of aliphatic hydroxyl groups excluding tert-OH is 1. The van der Waals surface area contributed by atoms with Crippen LogP contribution in [0.3, 0.4) is 0 Å². The summed E-state index contributed by atoms with van der Waals surface area (Å²) in [5.41, 5.74) is -0.478. The zero-order valence-electron chi connectivity index (χ0n) is 17.8. The van der Waals surface area contributed by atoms with Gasteiger partial charge in [0.15, 0.2) is 11.6 Å². The van der Waals surface area contributed by atoms with Crippen molar-refractivity contribution in [3.05, 3.63) is 27.2 Å². The number of piperazine rings is 1. The van der Waals surface area contributed by atoms with Gasteiger partial charge in [0.2, 0.25) is 0 Å². The lowest BCUT2D eigenvalue weighted by atomic mass is 10.2. The number of ether oxygens (including phenoxy) is 1. The molecule has 0 saturated carbocycles. The Bertz CT molecular complexity index is 915. The van der Waals surface area contributed by atoms with Gasteiger partial charge in [-0.3, -0.25) is 0 Å². The van der Waals surface area contributed by atoms with Crippen molar-refractivity contribution in [1.29, 1.82) is 0 Å². The number of hydrogen-bond donors (Lipinski definition) is 1. The number of hydrogen-bond acceptors (Lipinski definition) is 6. The summed E-state index contributed by atoms with van der Waals surface area (Å²) >= 11 is 9.24. The average Bonchev–Trinajstić information content (AvgIpc) is 2.72. The first kappa shape index (κ1) is 24.6. The van der Waals surface area contributed by atoms with Crippen molar-refractivity contribution in [2.24, 2.45) is 0 Å². The molecule has 0 radical (unpaired) electrons. The summed E-state index contributed by atoms with van der Waals surface area (Å²) < 4.78 is 20.2. The standard InChI is InChI=1S/C18H21BrClFN4O3.C2H6/c1-18(2,3)28-17(27)25-6-4-24(5-7-25)16-10-8-11(20)13(19)14(21)15(10)22-12(9-26)23-16;1-2/h8,26H,4-7,9H2,1-3H3;1-2H3. The maximum Gasteiger partial charge on any atom is 0.410 e. The fourth-order valence-corrected chi connectivity index (χ4v) is 3.44. The summed E-state index contributed by atoms with van der Waals surface area (Å²) in [5, 5.41) is 10.1. The lowest BCUT2D eigenvalue weighted by molar-refractivity contribution is 0.0240. The molecule has 1 amide bonds. The molecule has 0 unspecified atom stereocenters. The Kier molecular flexibility index (Phi) is 8.24. The maximum atomic E-state index is 14.7. The van der Waals surface area contributed by atoms with Gasteiger partial charge in [-0.25, -0.2) is 19.2 Å². The number of benzene rings is 1. The predicted octanol–water partition coefficient (Wildman–Crippen LogP) is 4.76. The highest BCUT2D eigenvalue weighted by Gasteiger charge is 2.28. The van der Waals surface area contributed by atoms with Gasteiger partial charge >= 0.3 is 6.09 Å². The molecule has 166 valence electrons. The summed E-state index contributed by atoms with van der Waals surface area (Å²) in [6.07, 6.45) is -0.367. The summed E-state index contributed by atoms with van der Waals surface area (Å²) in [6, 6.07) is 1.60. The summed E-state index contributed by atoms with van der Waals surface area (Å²) in [7, 11) is 0. The SMILES string of the molecule is CC.CC(C)(C)OC(=O)N1CCN(c2nc(CO)nc3c(F)c(Br)c(Cl)cc23)CC1. The Morgan fingerprint density at radius 2 is 1.87 bits per heavy atom. The number of halogens is 3. The number of carbonyl (C=O) groups excluding carboxylic acids is 1. The molecule has 3 rings (SSSR count). The quantitative estimate of drug-likeness (QED) is 0.593. The van der Waals surface area contributed by atoms with Crippen molar-refractivity contribution in [1.82, 2.24) is 14.9 Å². The van der Waals surface area contributed by atoms with Gasteiger partial charge in [-0.2, -0.15) is 0 Å². The zero-order chi connectivity index (χ0) is 22.6. The number of nitrogens with zero attached hydrogens (tertiary/aromatic N) is 4. The Balaban J connectivity index is 0.00000155. The Morgan fingerprint density at radius 3 is 2.40 bits per heavy atom. The molecular weight excluding hydrogens is 479 g/mol. The second-order valence-electron chi connectivity index (χ2n) is 7.46. The van der Waals surface area contributed by atoms with Crippen LogP contribution in [0.2, 0.25) is 5.02 Å². The van der Waals surface area contributed by atoms with Crippen molar-refractivity contribution in [3.8, 4) is 0 Å². The first-order chi connectivity index (χ1) is 14.1. The fraction of sp³-hybridized carbons (Fsp3) is 0.550. The third-order valence-electron chi connectivity index (χ3n) is 4.23. The molecule has 0 atom stereocenters. The molecule has 10 heteroatoms. The Hall–Kier alpha value is -1.71. The van der Waals surface area contributed by atoms with Crippen molar-refractivity contribution >= 4 is 50.3 Å². The van der Waals surface area contributed by atoms with Crippen LogP contribution in [-0.4, -0.2) is 57.8 Å². The first-order valence-electron chi connectivity index (χ1n) is 9.78. The Morgan fingerprint density at radius 1 is 1.27 bits per heavy atom. The molecule has 2 aromatic rings. The number of rotatable bonds is 2. The molecule has 0 spiro atoms. The molecule has 1 N–H and O–H groups in total. The number of anilines is 1. The van der Waals surface area contributed by atoms with Crippen LogP contribution in [0.5, 0.6) is 0 Å². The monoisotopic (exact) mass is 504 g/mol. The van der Waals surface area contributed by atoms with E-state index in [2.05, 4.69) is 25.9 Å². The molecule has 2 heterocycles. The minimum Gasteiger partial charge on any atom is -0.444 e. The van der Waals surface area contributed by atoms with Gasteiger partial charge in [-0.05, 0) is 42.8 Å². The third kappa shape index (κ3) is 5.50. The van der Waals surface area contributed by atoms with Crippen LogP contribution in [0.15, 0.2) is 10.5 Å². The fourth-order valence-electron chi connectivity index (χ4n) is 2.94. The van der Waals surface area contributed by atoms with Crippen LogP contribution in [0.4, 0.5) is 15.0 Å². The number of amides is 1. The number of carbonyl (C=O) groups is 1. The van der Waals surface area contributed by atoms with E-state index >= 15 is 0 Å². The second-order valence-corrected chi connectivity index (χ2v) is 8.66. The molecule has 1 aliphatic heterocycles. The van der Waals surface area contributed by atoms with Gasteiger partial charge in [-0.15, -0.1) is 0 Å². The molecule has 1 fully saturated rings. The van der Waals surface area contributed by atoms with Crippen LogP contribution in [0.1, 0.15) is 40.4 Å². The van der Waals surface area contributed by atoms with E-state index < -0.39 is 18.0 Å². The highest BCUT2D eigenvalue weighted by Crippen LogP contribution is 2.35. The minimum absolute atomic E-state index is 0.0832. The topological polar surface area (TPSA) is 78.8 Å². The molecule has 1 aliphatic rings. The van der Waals surface area contributed by atoms with Gasteiger partial charge in [0, 0.05) is 31.6 Å². The smallest absolute Gasteiger partial charge is 0.410 e. The number of fused-ring (bicyclic) bond motifs is 1. The molecule has 0 aliphatic carbocycles. The Labute approximate surface area is 189 Å². The lowest BCUT2D eigenvalue weighted by Crippen LogP contribution is -2.50. The summed E-state index contributed by atoms with van der Waals surface area (Å²) in [4.78, 5) is 24.3. The van der Waals surface area contributed by atoms with Gasteiger partial charge in [0.25, 0.3) is 0 Å². The molecule has 30 heavy (non-hydrogen) atoms. The highest BCUT2D eigenvalue weighted by molar-refractivity contribution is 9.10. The van der Waals surface area contributed by atoms with Gasteiger partial charge in [0.1, 0.15) is 23.5 Å². The van der Waals surface area contributed by atoms with E-state index in [9.17, 15) is 14.3 Å². The van der Waals surface area contributed by atoms with Crippen molar-refractivity contribution in [2.75, 3.05) is 31.1 Å². The molecular formula is C20H27BrClFN4O3. The van der Waals surface area contributed by atoms with Crippen LogP contribution in [-0.2, 0) is 11.3 Å². The van der Waals surface area contributed by atoms with E-state index in [0.717, 1.165) is 0 Å². The van der Waals surface area contributed by atoms with E-state index in [1.165, 1.54) is 0 Å². The first-order valence-corrected chi connectivity index (χ1v) is 11.0. The van der Waals surface area contributed by atoms with Crippen molar-refractivity contribution in [2.45, 2.75) is 46.8 Å². The van der Waals surface area contributed by atoms with Crippen molar-refractivity contribution < 1.29 is 19.0 Å². The van der Waals surface area contributed by atoms with E-state index in [0.29, 0.717) is 37.4 Å². The van der Waals surface area contributed by atoms with E-state index in [-0.39, 0.29) is 26.9 Å². The lowest BCUT2D eigenvalue weighted by Gasteiger charge is -2.36. The summed E-state index contributed by atoms with van der Waals surface area (Å²) in [6.45, 7) is 10.9. The number of aliphatic hydroxyl groups is 1. The van der Waals surface area contributed by atoms with Gasteiger partial charge in [-0.1, -0.05) is 25.4 Å². The van der Waals surface area contributed by atoms with Crippen LogP contribution < -0.4 is 4.90 Å². The van der Waals surface area contributed by atoms with Crippen molar-refractivity contribution in [3.63, 3.8) is 0 Å². The normalized spacial score (nSPS) is 14.4. The van der Waals surface area contributed by atoms with Crippen LogP contribution in [0, 0.1) is 5.82 Å². The van der Waals surface area contributed by atoms with E-state index in [1.807, 2.05) is 39.5 Å². The summed E-state index contributed by atoms with van der Waals surface area (Å²) in [5.74, 6) is -0.00961. The molecule has 1 aromatic heterocycles. The number of aromatic nitrogens is 2.